The molecule has 0 saturated heterocycles. The SMILES string of the molecule is FC(F)(F)CCc1cccs1. The third kappa shape index (κ3) is 3.41. The smallest absolute Gasteiger partial charge is 0.171 e. The zero-order valence-corrected chi connectivity index (χ0v) is 6.50. The van der Waals surface area contributed by atoms with Gasteiger partial charge in [-0.25, -0.2) is 0 Å². The lowest BCUT2D eigenvalue weighted by molar-refractivity contribution is -0.133. The van der Waals surface area contributed by atoms with Crippen LogP contribution in [0.2, 0.25) is 0 Å². The molecule has 0 spiro atoms. The Balaban J connectivity index is 2.35. The number of thiophene rings is 1. The highest BCUT2D eigenvalue weighted by atomic mass is 32.1. The molecule has 0 radical (unpaired) electrons. The van der Waals surface area contributed by atoms with Gasteiger partial charge in [-0.05, 0) is 17.9 Å². The van der Waals surface area contributed by atoms with Gasteiger partial charge in [0.05, 0.1) is 0 Å². The van der Waals surface area contributed by atoms with Gasteiger partial charge in [-0.15, -0.1) is 11.3 Å². The van der Waals surface area contributed by atoms with Crippen molar-refractivity contribution in [2.75, 3.05) is 0 Å². The molecule has 62 valence electrons. The van der Waals surface area contributed by atoms with Crippen LogP contribution in [-0.4, -0.2) is 6.18 Å². The Morgan fingerprint density at radius 1 is 1.36 bits per heavy atom. The summed E-state index contributed by atoms with van der Waals surface area (Å²) in [4.78, 5) is 0.794. The molecule has 1 aromatic heterocycles. The Morgan fingerprint density at radius 2 is 2.09 bits per heavy atom. The molecule has 0 amide bonds. The van der Waals surface area contributed by atoms with Crippen molar-refractivity contribution in [3.63, 3.8) is 0 Å². The zero-order valence-electron chi connectivity index (χ0n) is 5.69. The predicted molar refractivity (Wildman–Crippen MR) is 38.7 cm³/mol. The average molecular weight is 180 g/mol. The van der Waals surface area contributed by atoms with Crippen LogP contribution in [0.5, 0.6) is 0 Å². The van der Waals surface area contributed by atoms with E-state index < -0.39 is 12.6 Å². The van der Waals surface area contributed by atoms with E-state index in [1.165, 1.54) is 11.3 Å². The van der Waals surface area contributed by atoms with Crippen LogP contribution in [-0.2, 0) is 6.42 Å². The van der Waals surface area contributed by atoms with Crippen molar-refractivity contribution in [1.29, 1.82) is 0 Å². The van der Waals surface area contributed by atoms with E-state index in [0.29, 0.717) is 0 Å². The molecule has 0 nitrogen and oxygen atoms in total. The largest absolute Gasteiger partial charge is 0.389 e. The van der Waals surface area contributed by atoms with Gasteiger partial charge in [0.15, 0.2) is 0 Å². The molecular weight excluding hydrogens is 173 g/mol. The molecule has 0 aromatic carbocycles. The summed E-state index contributed by atoms with van der Waals surface area (Å²) < 4.78 is 35.0. The number of halogens is 3. The first kappa shape index (κ1) is 8.59. The Labute approximate surface area is 66.7 Å². The van der Waals surface area contributed by atoms with Gasteiger partial charge in [-0.2, -0.15) is 13.2 Å². The van der Waals surface area contributed by atoms with E-state index >= 15 is 0 Å². The van der Waals surface area contributed by atoms with Crippen molar-refractivity contribution in [3.8, 4) is 0 Å². The second-order valence-corrected chi connectivity index (χ2v) is 3.23. The number of hydrogen-bond donors (Lipinski definition) is 0. The molecule has 11 heavy (non-hydrogen) atoms. The maximum absolute atomic E-state index is 11.7. The summed E-state index contributed by atoms with van der Waals surface area (Å²) in [5.74, 6) is 0. The molecule has 1 heterocycles. The summed E-state index contributed by atoms with van der Waals surface area (Å²) in [6, 6.07) is 3.48. The normalized spacial score (nSPS) is 11.9. The maximum atomic E-state index is 11.7. The van der Waals surface area contributed by atoms with Gasteiger partial charge >= 0.3 is 6.18 Å². The fourth-order valence-electron chi connectivity index (χ4n) is 0.720. The minimum Gasteiger partial charge on any atom is -0.171 e. The third-order valence-electron chi connectivity index (χ3n) is 1.23. The molecule has 0 N–H and O–H groups in total. The fourth-order valence-corrected chi connectivity index (χ4v) is 1.43. The lowest BCUT2D eigenvalue weighted by Crippen LogP contribution is -2.07. The predicted octanol–water partition coefficient (Wildman–Crippen LogP) is 3.24. The van der Waals surface area contributed by atoms with Crippen molar-refractivity contribution in [1.82, 2.24) is 0 Å². The van der Waals surface area contributed by atoms with E-state index in [4.69, 9.17) is 0 Å². The van der Waals surface area contributed by atoms with Gasteiger partial charge in [-0.1, -0.05) is 6.07 Å². The van der Waals surface area contributed by atoms with Gasteiger partial charge < -0.3 is 0 Å². The number of hydrogen-bond acceptors (Lipinski definition) is 1. The summed E-state index contributed by atoms with van der Waals surface area (Å²) in [7, 11) is 0. The second kappa shape index (κ2) is 3.26. The average Bonchev–Trinajstić information content (AvgIpc) is 2.32. The van der Waals surface area contributed by atoms with E-state index in [-0.39, 0.29) is 6.42 Å². The van der Waals surface area contributed by atoms with Crippen LogP contribution in [0, 0.1) is 0 Å². The van der Waals surface area contributed by atoms with E-state index in [0.717, 1.165) is 4.88 Å². The summed E-state index contributed by atoms with van der Waals surface area (Å²) in [5.41, 5.74) is 0. The van der Waals surface area contributed by atoms with Crippen molar-refractivity contribution < 1.29 is 13.2 Å². The van der Waals surface area contributed by atoms with Crippen LogP contribution >= 0.6 is 11.3 Å². The van der Waals surface area contributed by atoms with E-state index in [2.05, 4.69) is 0 Å². The third-order valence-corrected chi connectivity index (χ3v) is 2.17. The lowest BCUT2D eigenvalue weighted by atomic mass is 10.2. The van der Waals surface area contributed by atoms with Crippen LogP contribution in [0.4, 0.5) is 13.2 Å². The molecule has 0 aliphatic carbocycles. The van der Waals surface area contributed by atoms with Crippen LogP contribution in [0.1, 0.15) is 11.3 Å². The molecule has 0 aliphatic heterocycles. The molecule has 1 rings (SSSR count). The van der Waals surface area contributed by atoms with Crippen LogP contribution in [0.25, 0.3) is 0 Å². The minimum absolute atomic E-state index is 0.112. The molecule has 0 unspecified atom stereocenters. The van der Waals surface area contributed by atoms with Crippen LogP contribution in [0.15, 0.2) is 17.5 Å². The van der Waals surface area contributed by atoms with Gasteiger partial charge in [0.25, 0.3) is 0 Å². The minimum atomic E-state index is -4.02. The highest BCUT2D eigenvalue weighted by molar-refractivity contribution is 7.09. The van der Waals surface area contributed by atoms with Gasteiger partial charge in [0, 0.05) is 11.3 Å². The highest BCUT2D eigenvalue weighted by Crippen LogP contribution is 2.23. The van der Waals surface area contributed by atoms with E-state index in [1.807, 2.05) is 0 Å². The molecule has 0 atom stereocenters. The quantitative estimate of drug-likeness (QED) is 0.655. The second-order valence-electron chi connectivity index (χ2n) is 2.19. The first-order valence-corrected chi connectivity index (χ1v) is 4.05. The molecule has 1 aromatic rings. The van der Waals surface area contributed by atoms with Crippen molar-refractivity contribution in [3.05, 3.63) is 22.4 Å². The first-order chi connectivity index (χ1) is 5.08. The molecule has 0 saturated carbocycles. The Kier molecular flexibility index (Phi) is 2.54. The van der Waals surface area contributed by atoms with E-state index in [1.54, 1.807) is 17.5 Å². The maximum Gasteiger partial charge on any atom is 0.389 e. The highest BCUT2D eigenvalue weighted by Gasteiger charge is 2.26. The van der Waals surface area contributed by atoms with Crippen molar-refractivity contribution in [2.24, 2.45) is 0 Å². The van der Waals surface area contributed by atoms with Crippen LogP contribution < -0.4 is 0 Å². The zero-order chi connectivity index (χ0) is 8.32. The van der Waals surface area contributed by atoms with Gasteiger partial charge in [0.1, 0.15) is 0 Å². The standard InChI is InChI=1S/C7H7F3S/c8-7(9,10)4-3-6-2-1-5-11-6/h1-2,5H,3-4H2. The summed E-state index contributed by atoms with van der Waals surface area (Å²) in [6.07, 6.45) is -4.63. The molecule has 0 aliphatic rings. The fraction of sp³-hybridized carbons (Fsp3) is 0.429. The molecule has 0 fully saturated rings. The Bertz CT molecular complexity index is 200. The molecule has 4 heteroatoms. The summed E-state index contributed by atoms with van der Waals surface area (Å²) in [5, 5.41) is 1.78. The molecular formula is C7H7F3S. The van der Waals surface area contributed by atoms with Gasteiger partial charge in [-0.3, -0.25) is 0 Å². The van der Waals surface area contributed by atoms with E-state index in [9.17, 15) is 13.2 Å². The molecule has 0 bridgehead atoms. The number of alkyl halides is 3. The number of aryl methyl sites for hydroxylation is 1. The monoisotopic (exact) mass is 180 g/mol. The summed E-state index contributed by atoms with van der Waals surface area (Å²) in [6.45, 7) is 0. The van der Waals surface area contributed by atoms with Crippen LogP contribution in [0.3, 0.4) is 0 Å². The Hall–Kier alpha value is -0.510. The lowest BCUT2D eigenvalue weighted by Gasteiger charge is -2.03. The van der Waals surface area contributed by atoms with Crippen molar-refractivity contribution in [2.45, 2.75) is 19.0 Å². The number of rotatable bonds is 2. The van der Waals surface area contributed by atoms with Gasteiger partial charge in [0.2, 0.25) is 0 Å². The first-order valence-electron chi connectivity index (χ1n) is 3.17. The Morgan fingerprint density at radius 3 is 2.55 bits per heavy atom. The van der Waals surface area contributed by atoms with Crippen molar-refractivity contribution >= 4 is 11.3 Å². The topological polar surface area (TPSA) is 0 Å². The summed E-state index contributed by atoms with van der Waals surface area (Å²) >= 11 is 1.36.